The van der Waals surface area contributed by atoms with E-state index in [1.165, 1.54) is 12.0 Å². The zero-order chi connectivity index (χ0) is 9.40. The van der Waals surface area contributed by atoms with Gasteiger partial charge in [0.2, 0.25) is 0 Å². The van der Waals surface area contributed by atoms with Crippen molar-refractivity contribution in [2.45, 2.75) is 27.2 Å². The molecule has 70 valence electrons. The lowest BCUT2D eigenvalue weighted by Gasteiger charge is -2.13. The van der Waals surface area contributed by atoms with Crippen molar-refractivity contribution >= 4 is 0 Å². The SMILES string of the molecule is C/C=C\C=C(/C)CCN(C)CC. The predicted molar refractivity (Wildman–Crippen MR) is 56.4 cm³/mol. The summed E-state index contributed by atoms with van der Waals surface area (Å²) >= 11 is 0. The average molecular weight is 167 g/mol. The molecule has 0 heterocycles. The molecule has 0 radical (unpaired) electrons. The van der Waals surface area contributed by atoms with Crippen molar-refractivity contribution in [3.8, 4) is 0 Å². The van der Waals surface area contributed by atoms with Crippen molar-refractivity contribution in [3.63, 3.8) is 0 Å². The van der Waals surface area contributed by atoms with Crippen molar-refractivity contribution in [2.24, 2.45) is 0 Å². The van der Waals surface area contributed by atoms with Gasteiger partial charge in [-0.25, -0.2) is 0 Å². The van der Waals surface area contributed by atoms with Crippen LogP contribution in [0.25, 0.3) is 0 Å². The Morgan fingerprint density at radius 3 is 2.58 bits per heavy atom. The molecule has 0 amide bonds. The molecular formula is C11H21N. The van der Waals surface area contributed by atoms with Gasteiger partial charge in [0.25, 0.3) is 0 Å². The van der Waals surface area contributed by atoms with Crippen LogP contribution in [0.15, 0.2) is 23.8 Å². The van der Waals surface area contributed by atoms with Crippen LogP contribution in [0, 0.1) is 0 Å². The van der Waals surface area contributed by atoms with Crippen LogP contribution in [-0.2, 0) is 0 Å². The van der Waals surface area contributed by atoms with Crippen LogP contribution >= 0.6 is 0 Å². The number of nitrogens with zero attached hydrogens (tertiary/aromatic N) is 1. The highest BCUT2D eigenvalue weighted by atomic mass is 15.1. The molecule has 1 heteroatoms. The van der Waals surface area contributed by atoms with Gasteiger partial charge in [0.1, 0.15) is 0 Å². The number of hydrogen-bond donors (Lipinski definition) is 0. The van der Waals surface area contributed by atoms with E-state index in [0.29, 0.717) is 0 Å². The molecule has 0 saturated heterocycles. The molecule has 0 saturated carbocycles. The zero-order valence-corrected chi connectivity index (χ0v) is 8.80. The second-order valence-electron chi connectivity index (χ2n) is 3.18. The molecule has 0 fully saturated rings. The molecule has 0 rings (SSSR count). The Bertz CT molecular complexity index is 156. The highest BCUT2D eigenvalue weighted by Crippen LogP contribution is 2.00. The molecule has 1 nitrogen and oxygen atoms in total. The van der Waals surface area contributed by atoms with Gasteiger partial charge in [0.05, 0.1) is 0 Å². The van der Waals surface area contributed by atoms with Gasteiger partial charge in [-0.1, -0.05) is 30.7 Å². The summed E-state index contributed by atoms with van der Waals surface area (Å²) in [5.74, 6) is 0. The van der Waals surface area contributed by atoms with Crippen LogP contribution in [0.5, 0.6) is 0 Å². The number of allylic oxidation sites excluding steroid dienone is 3. The third kappa shape index (κ3) is 6.17. The van der Waals surface area contributed by atoms with Crippen molar-refractivity contribution in [3.05, 3.63) is 23.8 Å². The van der Waals surface area contributed by atoms with Crippen molar-refractivity contribution < 1.29 is 0 Å². The Morgan fingerprint density at radius 1 is 1.42 bits per heavy atom. The maximum Gasteiger partial charge on any atom is 0.00154 e. The van der Waals surface area contributed by atoms with Crippen molar-refractivity contribution in [1.82, 2.24) is 4.90 Å². The summed E-state index contributed by atoms with van der Waals surface area (Å²) < 4.78 is 0. The van der Waals surface area contributed by atoms with Gasteiger partial charge in [-0.15, -0.1) is 0 Å². The lowest BCUT2D eigenvalue weighted by Crippen LogP contribution is -2.18. The first-order chi connectivity index (χ1) is 5.70. The first-order valence-corrected chi connectivity index (χ1v) is 4.67. The summed E-state index contributed by atoms with van der Waals surface area (Å²) in [5, 5.41) is 0. The topological polar surface area (TPSA) is 3.24 Å². The van der Waals surface area contributed by atoms with E-state index in [9.17, 15) is 0 Å². The monoisotopic (exact) mass is 167 g/mol. The normalized spacial score (nSPS) is 13.2. The minimum atomic E-state index is 1.14. The van der Waals surface area contributed by atoms with E-state index in [2.05, 4.69) is 44.0 Å². The van der Waals surface area contributed by atoms with E-state index < -0.39 is 0 Å². The average Bonchev–Trinajstić information content (AvgIpc) is 2.10. The van der Waals surface area contributed by atoms with Gasteiger partial charge in [-0.3, -0.25) is 0 Å². The van der Waals surface area contributed by atoms with Crippen LogP contribution < -0.4 is 0 Å². The summed E-state index contributed by atoms with van der Waals surface area (Å²) in [5.41, 5.74) is 1.45. The number of hydrogen-bond acceptors (Lipinski definition) is 1. The fourth-order valence-corrected chi connectivity index (χ4v) is 0.869. The second kappa shape index (κ2) is 7.11. The van der Waals surface area contributed by atoms with Gasteiger partial charge in [0.15, 0.2) is 0 Å². The van der Waals surface area contributed by atoms with Crippen LogP contribution in [0.4, 0.5) is 0 Å². The molecule has 0 aromatic rings. The number of rotatable bonds is 5. The molecule has 0 bridgehead atoms. The van der Waals surface area contributed by atoms with E-state index in [0.717, 1.165) is 13.1 Å². The van der Waals surface area contributed by atoms with Gasteiger partial charge < -0.3 is 4.90 Å². The predicted octanol–water partition coefficient (Wildman–Crippen LogP) is 2.85. The fraction of sp³-hybridized carbons (Fsp3) is 0.636. The summed E-state index contributed by atoms with van der Waals surface area (Å²) in [6, 6.07) is 0. The Balaban J connectivity index is 3.62. The largest absolute Gasteiger partial charge is 0.306 e. The lowest BCUT2D eigenvalue weighted by molar-refractivity contribution is 0.357. The maximum atomic E-state index is 2.33. The lowest BCUT2D eigenvalue weighted by atomic mass is 10.2. The maximum absolute atomic E-state index is 2.33. The highest BCUT2D eigenvalue weighted by Gasteiger charge is 1.93. The third-order valence-electron chi connectivity index (χ3n) is 2.00. The van der Waals surface area contributed by atoms with Gasteiger partial charge in [-0.05, 0) is 33.9 Å². The van der Waals surface area contributed by atoms with E-state index >= 15 is 0 Å². The van der Waals surface area contributed by atoms with Crippen molar-refractivity contribution in [1.29, 1.82) is 0 Å². The first kappa shape index (κ1) is 11.4. The van der Waals surface area contributed by atoms with E-state index in [4.69, 9.17) is 0 Å². The second-order valence-corrected chi connectivity index (χ2v) is 3.18. The smallest absolute Gasteiger partial charge is 0.00154 e. The Labute approximate surface area is 76.8 Å². The molecule has 0 aromatic carbocycles. The third-order valence-corrected chi connectivity index (χ3v) is 2.00. The molecular weight excluding hydrogens is 146 g/mol. The molecule has 12 heavy (non-hydrogen) atoms. The Hall–Kier alpha value is -0.560. The summed E-state index contributed by atoms with van der Waals surface area (Å²) in [6.45, 7) is 8.71. The van der Waals surface area contributed by atoms with E-state index in [-0.39, 0.29) is 0 Å². The Morgan fingerprint density at radius 2 is 2.08 bits per heavy atom. The zero-order valence-electron chi connectivity index (χ0n) is 8.80. The molecule has 0 aromatic heterocycles. The van der Waals surface area contributed by atoms with Gasteiger partial charge in [-0.2, -0.15) is 0 Å². The minimum Gasteiger partial charge on any atom is -0.306 e. The molecule has 0 spiro atoms. The molecule has 0 atom stereocenters. The van der Waals surface area contributed by atoms with Crippen molar-refractivity contribution in [2.75, 3.05) is 20.1 Å². The summed E-state index contributed by atoms with van der Waals surface area (Å²) in [6.07, 6.45) is 7.52. The summed E-state index contributed by atoms with van der Waals surface area (Å²) in [4.78, 5) is 2.33. The molecule has 0 aliphatic heterocycles. The molecule has 0 unspecified atom stereocenters. The van der Waals surface area contributed by atoms with Crippen LogP contribution in [0.1, 0.15) is 27.2 Å². The highest BCUT2D eigenvalue weighted by molar-refractivity contribution is 5.09. The summed E-state index contributed by atoms with van der Waals surface area (Å²) in [7, 11) is 2.16. The first-order valence-electron chi connectivity index (χ1n) is 4.67. The molecule has 0 aliphatic carbocycles. The van der Waals surface area contributed by atoms with Crippen LogP contribution in [0.3, 0.4) is 0 Å². The van der Waals surface area contributed by atoms with Gasteiger partial charge >= 0.3 is 0 Å². The standard InChI is InChI=1S/C11H21N/c1-5-7-8-11(3)9-10-12(4)6-2/h5,7-8H,6,9-10H2,1-4H3/b7-5-,11-8+. The quantitative estimate of drug-likeness (QED) is 0.569. The van der Waals surface area contributed by atoms with Crippen LogP contribution in [0.2, 0.25) is 0 Å². The van der Waals surface area contributed by atoms with E-state index in [1.807, 2.05) is 6.92 Å². The van der Waals surface area contributed by atoms with Crippen LogP contribution in [-0.4, -0.2) is 25.0 Å². The molecule has 0 aliphatic rings. The minimum absolute atomic E-state index is 1.14. The Kier molecular flexibility index (Phi) is 6.78. The molecule has 0 N–H and O–H groups in total. The van der Waals surface area contributed by atoms with Gasteiger partial charge in [0, 0.05) is 6.54 Å². The van der Waals surface area contributed by atoms with E-state index in [1.54, 1.807) is 0 Å². The fourth-order valence-electron chi connectivity index (χ4n) is 0.869.